The van der Waals surface area contributed by atoms with Crippen LogP contribution in [0.2, 0.25) is 0 Å². The van der Waals surface area contributed by atoms with E-state index in [9.17, 15) is 4.79 Å². The summed E-state index contributed by atoms with van der Waals surface area (Å²) in [6.45, 7) is 5.14. The minimum absolute atomic E-state index is 0.00330. The van der Waals surface area contributed by atoms with E-state index in [1.54, 1.807) is 0 Å². The van der Waals surface area contributed by atoms with Gasteiger partial charge >= 0.3 is 5.97 Å². The molecule has 0 saturated carbocycles. The van der Waals surface area contributed by atoms with E-state index >= 15 is 0 Å². The van der Waals surface area contributed by atoms with Crippen LogP contribution in [0.15, 0.2) is 24.3 Å². The maximum absolute atomic E-state index is 11.8. The summed E-state index contributed by atoms with van der Waals surface area (Å²) in [4.78, 5) is 11.8. The Balaban J connectivity index is 3.26. The summed E-state index contributed by atoms with van der Waals surface area (Å²) >= 11 is 0. The molecule has 0 aliphatic heterocycles. The van der Waals surface area contributed by atoms with Gasteiger partial charge in [0.2, 0.25) is 0 Å². The standard InChI is InChI=1S/C32H60O2/c1-3-5-7-9-11-13-15-16-17-18-19-21-23-25-27-29-31-34-32(33)30-28-26-24-22-20-14-12-10-8-6-4-2/h16-17,19,21H,3-15,18,20,22-31H2,1-2H3/b17-16-,21-19-. The van der Waals surface area contributed by atoms with Crippen LogP contribution in [0.4, 0.5) is 0 Å². The molecule has 0 radical (unpaired) electrons. The Labute approximate surface area is 214 Å². The maximum Gasteiger partial charge on any atom is 0.305 e. The van der Waals surface area contributed by atoms with Gasteiger partial charge in [0.15, 0.2) is 0 Å². The molecule has 200 valence electrons. The van der Waals surface area contributed by atoms with E-state index in [2.05, 4.69) is 38.2 Å². The fourth-order valence-corrected chi connectivity index (χ4v) is 4.28. The van der Waals surface area contributed by atoms with Crippen molar-refractivity contribution in [3.05, 3.63) is 24.3 Å². The summed E-state index contributed by atoms with van der Waals surface area (Å²) in [5.74, 6) is 0.00330. The molecule has 2 nitrogen and oxygen atoms in total. The van der Waals surface area contributed by atoms with E-state index in [0.29, 0.717) is 13.0 Å². The van der Waals surface area contributed by atoms with Crippen molar-refractivity contribution in [2.24, 2.45) is 0 Å². The number of allylic oxidation sites excluding steroid dienone is 4. The third-order valence-electron chi connectivity index (χ3n) is 6.59. The SMILES string of the molecule is CCCCCCCC/C=C\C/C=C\CCCCCOC(=O)CCCCCCCCCCCCC. The zero-order chi connectivity index (χ0) is 24.8. The van der Waals surface area contributed by atoms with Gasteiger partial charge in [0, 0.05) is 6.42 Å². The summed E-state index contributed by atoms with van der Waals surface area (Å²) < 4.78 is 5.39. The lowest BCUT2D eigenvalue weighted by Gasteiger charge is -2.05. The van der Waals surface area contributed by atoms with Crippen LogP contribution in [-0.4, -0.2) is 12.6 Å². The Morgan fingerprint density at radius 3 is 1.41 bits per heavy atom. The Hall–Kier alpha value is -1.05. The van der Waals surface area contributed by atoms with Gasteiger partial charge < -0.3 is 4.74 Å². The molecule has 0 fully saturated rings. The van der Waals surface area contributed by atoms with Crippen LogP contribution in [0.3, 0.4) is 0 Å². The first kappa shape index (κ1) is 33.0. The van der Waals surface area contributed by atoms with Crippen LogP contribution < -0.4 is 0 Å². The van der Waals surface area contributed by atoms with Crippen molar-refractivity contribution in [3.8, 4) is 0 Å². The van der Waals surface area contributed by atoms with Crippen molar-refractivity contribution in [3.63, 3.8) is 0 Å². The van der Waals surface area contributed by atoms with Gasteiger partial charge in [0.1, 0.15) is 0 Å². The molecule has 0 aromatic heterocycles. The molecular weight excluding hydrogens is 416 g/mol. The Kier molecular flexibility index (Phi) is 29.1. The summed E-state index contributed by atoms with van der Waals surface area (Å²) in [6, 6.07) is 0. The monoisotopic (exact) mass is 476 g/mol. The molecule has 0 saturated heterocycles. The minimum atomic E-state index is 0.00330. The molecule has 0 amide bonds. The predicted octanol–water partition coefficient (Wildman–Crippen LogP) is 11.0. The largest absolute Gasteiger partial charge is 0.466 e. The molecule has 2 heteroatoms. The van der Waals surface area contributed by atoms with Gasteiger partial charge in [-0.15, -0.1) is 0 Å². The Bertz CT molecular complexity index is 452. The fourth-order valence-electron chi connectivity index (χ4n) is 4.28. The van der Waals surface area contributed by atoms with E-state index in [1.807, 2.05) is 0 Å². The average Bonchev–Trinajstić information content (AvgIpc) is 2.84. The van der Waals surface area contributed by atoms with Gasteiger partial charge in [-0.2, -0.15) is 0 Å². The number of carbonyl (C=O) groups is 1. The van der Waals surface area contributed by atoms with Crippen LogP contribution in [0.1, 0.15) is 168 Å². The zero-order valence-corrected chi connectivity index (χ0v) is 23.3. The maximum atomic E-state index is 11.8. The number of unbranched alkanes of at least 4 members (excludes halogenated alkanes) is 19. The second-order valence-electron chi connectivity index (χ2n) is 10.1. The molecule has 0 aliphatic rings. The van der Waals surface area contributed by atoms with Crippen molar-refractivity contribution in [2.75, 3.05) is 6.61 Å². The normalized spacial score (nSPS) is 11.7. The van der Waals surface area contributed by atoms with E-state index in [4.69, 9.17) is 4.74 Å². The highest BCUT2D eigenvalue weighted by molar-refractivity contribution is 5.69. The first-order valence-electron chi connectivity index (χ1n) is 15.3. The lowest BCUT2D eigenvalue weighted by Crippen LogP contribution is -2.05. The quantitative estimate of drug-likeness (QED) is 0.0669. The van der Waals surface area contributed by atoms with E-state index in [1.165, 1.54) is 116 Å². The molecule has 0 heterocycles. The van der Waals surface area contributed by atoms with Crippen LogP contribution in [0.5, 0.6) is 0 Å². The summed E-state index contributed by atoms with van der Waals surface area (Å²) in [5, 5.41) is 0. The third kappa shape index (κ3) is 29.0. The molecule has 0 aromatic rings. The topological polar surface area (TPSA) is 26.3 Å². The number of esters is 1. The first-order chi connectivity index (χ1) is 16.8. The van der Waals surface area contributed by atoms with Crippen LogP contribution in [0, 0.1) is 0 Å². The van der Waals surface area contributed by atoms with Crippen molar-refractivity contribution in [2.45, 2.75) is 168 Å². The minimum Gasteiger partial charge on any atom is -0.466 e. The molecule has 0 aliphatic carbocycles. The predicted molar refractivity (Wildman–Crippen MR) is 151 cm³/mol. The van der Waals surface area contributed by atoms with Crippen LogP contribution in [-0.2, 0) is 9.53 Å². The number of rotatable bonds is 27. The van der Waals surface area contributed by atoms with Crippen molar-refractivity contribution in [1.29, 1.82) is 0 Å². The van der Waals surface area contributed by atoms with Crippen LogP contribution >= 0.6 is 0 Å². The van der Waals surface area contributed by atoms with Crippen molar-refractivity contribution >= 4 is 5.97 Å². The molecule has 0 spiro atoms. The highest BCUT2D eigenvalue weighted by atomic mass is 16.5. The summed E-state index contributed by atoms with van der Waals surface area (Å²) in [7, 11) is 0. The van der Waals surface area contributed by atoms with Crippen LogP contribution in [0.25, 0.3) is 0 Å². The van der Waals surface area contributed by atoms with Gasteiger partial charge in [-0.3, -0.25) is 4.79 Å². The summed E-state index contributed by atoms with van der Waals surface area (Å²) in [5.41, 5.74) is 0. The van der Waals surface area contributed by atoms with E-state index in [0.717, 1.165) is 32.1 Å². The fraction of sp³-hybridized carbons (Fsp3) is 0.844. The molecule has 0 N–H and O–H groups in total. The highest BCUT2D eigenvalue weighted by Gasteiger charge is 2.02. The lowest BCUT2D eigenvalue weighted by atomic mass is 10.1. The second-order valence-corrected chi connectivity index (χ2v) is 10.1. The average molecular weight is 477 g/mol. The molecule has 0 atom stereocenters. The highest BCUT2D eigenvalue weighted by Crippen LogP contribution is 2.12. The number of carbonyl (C=O) groups excluding carboxylic acids is 1. The molecule has 0 rings (SSSR count). The zero-order valence-electron chi connectivity index (χ0n) is 23.3. The molecule has 34 heavy (non-hydrogen) atoms. The molecule has 0 aromatic carbocycles. The van der Waals surface area contributed by atoms with E-state index < -0.39 is 0 Å². The molecule has 0 bridgehead atoms. The third-order valence-corrected chi connectivity index (χ3v) is 6.59. The number of hydrogen-bond acceptors (Lipinski definition) is 2. The van der Waals surface area contributed by atoms with Gasteiger partial charge in [-0.1, -0.05) is 134 Å². The first-order valence-corrected chi connectivity index (χ1v) is 15.3. The van der Waals surface area contributed by atoms with E-state index in [-0.39, 0.29) is 5.97 Å². The van der Waals surface area contributed by atoms with Crippen molar-refractivity contribution < 1.29 is 9.53 Å². The van der Waals surface area contributed by atoms with Gasteiger partial charge in [0.05, 0.1) is 6.61 Å². The molecule has 0 unspecified atom stereocenters. The van der Waals surface area contributed by atoms with Gasteiger partial charge in [0.25, 0.3) is 0 Å². The smallest absolute Gasteiger partial charge is 0.305 e. The second kappa shape index (κ2) is 30.0. The number of ether oxygens (including phenoxy) is 1. The van der Waals surface area contributed by atoms with Gasteiger partial charge in [-0.05, 0) is 51.4 Å². The molecular formula is C32H60O2. The Morgan fingerprint density at radius 2 is 0.912 bits per heavy atom. The summed E-state index contributed by atoms with van der Waals surface area (Å²) in [6.07, 6.45) is 39.3. The Morgan fingerprint density at radius 1 is 0.500 bits per heavy atom. The van der Waals surface area contributed by atoms with Gasteiger partial charge in [-0.25, -0.2) is 0 Å². The lowest BCUT2D eigenvalue weighted by molar-refractivity contribution is -0.143. The van der Waals surface area contributed by atoms with Crippen molar-refractivity contribution in [1.82, 2.24) is 0 Å². The number of hydrogen-bond donors (Lipinski definition) is 0.